The molecule has 34 heavy (non-hydrogen) atoms. The van der Waals surface area contributed by atoms with Crippen molar-refractivity contribution >= 4 is 61.4 Å². The minimum absolute atomic E-state index is 0.0159. The summed E-state index contributed by atoms with van der Waals surface area (Å²) in [6.45, 7) is 1.10. The summed E-state index contributed by atoms with van der Waals surface area (Å²) in [7, 11) is -4.30. The molecule has 1 aliphatic heterocycles. The molecular weight excluding hydrogens is 512 g/mol. The number of benzene rings is 2. The number of hydrogen-bond acceptors (Lipinski definition) is 7. The molecule has 1 aromatic heterocycles. The number of anilines is 2. The van der Waals surface area contributed by atoms with Crippen molar-refractivity contribution < 1.29 is 31.5 Å². The van der Waals surface area contributed by atoms with Crippen molar-refractivity contribution in [1.29, 1.82) is 0 Å². The Hall–Kier alpha value is -3.35. The summed E-state index contributed by atoms with van der Waals surface area (Å²) in [5.74, 6) is -3.11. The molecule has 3 aromatic rings. The molecule has 0 atom stereocenters. The number of amidine groups is 1. The topological polar surface area (TPSA) is 114 Å². The molecule has 1 aliphatic rings. The van der Waals surface area contributed by atoms with Crippen LogP contribution in [0.4, 0.5) is 19.5 Å². The van der Waals surface area contributed by atoms with Gasteiger partial charge in [-0.15, -0.1) is 15.7 Å². The van der Waals surface area contributed by atoms with E-state index in [-0.39, 0.29) is 27.0 Å². The Morgan fingerprint density at radius 3 is 2.71 bits per heavy atom. The monoisotopic (exact) mass is 525 g/mol. The lowest BCUT2D eigenvalue weighted by atomic mass is 10.2. The molecule has 0 spiro atoms. The van der Waals surface area contributed by atoms with Crippen LogP contribution < -0.4 is 10.6 Å². The maximum atomic E-state index is 13.9. The van der Waals surface area contributed by atoms with Crippen molar-refractivity contribution in [1.82, 2.24) is 0 Å². The molecule has 0 radical (unpaired) electrons. The summed E-state index contributed by atoms with van der Waals surface area (Å²) in [6.07, 6.45) is 0. The maximum absolute atomic E-state index is 13.9. The first-order valence-corrected chi connectivity index (χ1v) is 12.1. The van der Waals surface area contributed by atoms with E-state index in [2.05, 4.69) is 15.0 Å². The molecule has 0 fully saturated rings. The van der Waals surface area contributed by atoms with Crippen molar-refractivity contribution in [2.24, 2.45) is 4.40 Å². The van der Waals surface area contributed by atoms with Gasteiger partial charge >= 0.3 is 5.97 Å². The lowest BCUT2D eigenvalue weighted by Gasteiger charge is -2.18. The van der Waals surface area contributed by atoms with Gasteiger partial charge in [-0.3, -0.25) is 4.79 Å². The fraction of sp³-hybridized carbons (Fsp3) is 0.0952. The number of fused-ring (bicyclic) bond motifs is 1. The van der Waals surface area contributed by atoms with Gasteiger partial charge in [0.25, 0.3) is 15.9 Å². The minimum atomic E-state index is -4.30. The van der Waals surface area contributed by atoms with Gasteiger partial charge in [0.15, 0.2) is 12.4 Å². The molecule has 0 aliphatic carbocycles. The van der Waals surface area contributed by atoms with E-state index in [9.17, 15) is 26.8 Å². The van der Waals surface area contributed by atoms with Crippen LogP contribution in [0.2, 0.25) is 5.02 Å². The van der Waals surface area contributed by atoms with Gasteiger partial charge < -0.3 is 15.4 Å². The third kappa shape index (κ3) is 4.79. The SMILES string of the molecule is Cc1cc(NC(=O)c2ccc(F)cc2Cl)sc1C(=O)OCC1=NS(=O)(=O)c2c(F)cccc2N1. The zero-order valence-electron chi connectivity index (χ0n) is 17.2. The van der Waals surface area contributed by atoms with E-state index in [0.29, 0.717) is 10.6 Å². The molecule has 176 valence electrons. The lowest BCUT2D eigenvalue weighted by molar-refractivity contribution is 0.0568. The Labute approximate surface area is 201 Å². The van der Waals surface area contributed by atoms with Gasteiger partial charge in [0.1, 0.15) is 21.4 Å². The maximum Gasteiger partial charge on any atom is 0.349 e. The summed E-state index contributed by atoms with van der Waals surface area (Å²) in [5.41, 5.74) is 0.532. The largest absolute Gasteiger partial charge is 0.453 e. The predicted molar refractivity (Wildman–Crippen MR) is 123 cm³/mol. The van der Waals surface area contributed by atoms with Gasteiger partial charge in [-0.25, -0.2) is 13.6 Å². The molecule has 8 nitrogen and oxygen atoms in total. The van der Waals surface area contributed by atoms with Crippen molar-refractivity contribution in [3.05, 3.63) is 75.1 Å². The van der Waals surface area contributed by atoms with Crippen LogP contribution in [0.5, 0.6) is 0 Å². The summed E-state index contributed by atoms with van der Waals surface area (Å²) >= 11 is 6.83. The van der Waals surface area contributed by atoms with Gasteiger partial charge in [-0.05, 0) is 48.9 Å². The molecule has 13 heteroatoms. The van der Waals surface area contributed by atoms with Gasteiger partial charge in [-0.2, -0.15) is 8.42 Å². The highest BCUT2D eigenvalue weighted by molar-refractivity contribution is 7.90. The minimum Gasteiger partial charge on any atom is -0.453 e. The number of amides is 1. The molecule has 0 bridgehead atoms. The van der Waals surface area contributed by atoms with E-state index in [0.717, 1.165) is 29.5 Å². The second kappa shape index (κ2) is 9.12. The highest BCUT2D eigenvalue weighted by atomic mass is 35.5. The number of carbonyl (C=O) groups is 2. The summed E-state index contributed by atoms with van der Waals surface area (Å²) < 4.78 is 60.2. The van der Waals surface area contributed by atoms with Crippen LogP contribution in [0.3, 0.4) is 0 Å². The highest BCUT2D eigenvalue weighted by Gasteiger charge is 2.29. The van der Waals surface area contributed by atoms with E-state index in [1.807, 2.05) is 0 Å². The number of carbonyl (C=O) groups excluding carboxylic acids is 2. The first-order valence-electron chi connectivity index (χ1n) is 9.48. The molecule has 0 saturated carbocycles. The number of aryl methyl sites for hydroxylation is 1. The molecule has 0 saturated heterocycles. The Balaban J connectivity index is 1.45. The van der Waals surface area contributed by atoms with Gasteiger partial charge in [0.2, 0.25) is 0 Å². The van der Waals surface area contributed by atoms with Crippen LogP contribution in [0, 0.1) is 18.6 Å². The van der Waals surface area contributed by atoms with E-state index < -0.39 is 45.0 Å². The average molecular weight is 526 g/mol. The van der Waals surface area contributed by atoms with E-state index >= 15 is 0 Å². The number of nitrogens with zero attached hydrogens (tertiary/aromatic N) is 1. The zero-order valence-corrected chi connectivity index (χ0v) is 19.6. The summed E-state index contributed by atoms with van der Waals surface area (Å²) in [6, 6.07) is 8.56. The number of halogens is 3. The number of hydrogen-bond donors (Lipinski definition) is 2. The second-order valence-corrected chi connectivity index (χ2v) is 10.0. The average Bonchev–Trinajstić information content (AvgIpc) is 3.11. The standard InChI is InChI=1S/C21H14ClF2N3O5S2/c1-10-7-17(26-20(28)12-6-5-11(23)8-13(12)22)33-18(10)21(29)32-9-16-25-15-4-2-3-14(24)19(15)34(30,31)27-16/h2-8H,9H2,1H3,(H,25,27)(H,26,28). The van der Waals surface area contributed by atoms with Crippen LogP contribution in [-0.2, 0) is 14.8 Å². The number of ether oxygens (including phenoxy) is 1. The Morgan fingerprint density at radius 1 is 1.21 bits per heavy atom. The predicted octanol–water partition coefficient (Wildman–Crippen LogP) is 4.61. The van der Waals surface area contributed by atoms with Crippen LogP contribution in [0.25, 0.3) is 0 Å². The Bertz CT molecular complexity index is 1470. The molecule has 2 N–H and O–H groups in total. The zero-order chi connectivity index (χ0) is 24.6. The van der Waals surface area contributed by atoms with Crippen LogP contribution >= 0.6 is 22.9 Å². The fourth-order valence-corrected chi connectivity index (χ4v) is 5.51. The van der Waals surface area contributed by atoms with E-state index in [1.54, 1.807) is 6.92 Å². The van der Waals surface area contributed by atoms with Crippen LogP contribution in [0.15, 0.2) is 51.8 Å². The van der Waals surface area contributed by atoms with Crippen molar-refractivity contribution in [3.63, 3.8) is 0 Å². The van der Waals surface area contributed by atoms with Crippen molar-refractivity contribution in [3.8, 4) is 0 Å². The molecular formula is C21H14ClF2N3O5S2. The smallest absolute Gasteiger partial charge is 0.349 e. The lowest BCUT2D eigenvalue weighted by Crippen LogP contribution is -2.27. The van der Waals surface area contributed by atoms with Crippen LogP contribution in [-0.4, -0.2) is 32.7 Å². The van der Waals surface area contributed by atoms with Crippen LogP contribution in [0.1, 0.15) is 25.6 Å². The number of sulfonamides is 1. The van der Waals surface area contributed by atoms with E-state index in [4.69, 9.17) is 16.3 Å². The van der Waals surface area contributed by atoms with Gasteiger partial charge in [0.05, 0.1) is 21.3 Å². The van der Waals surface area contributed by atoms with Gasteiger partial charge in [-0.1, -0.05) is 17.7 Å². The normalized spacial score (nSPS) is 13.9. The third-order valence-electron chi connectivity index (χ3n) is 4.59. The molecule has 2 heterocycles. The number of esters is 1. The van der Waals surface area contributed by atoms with Crippen molar-refractivity contribution in [2.75, 3.05) is 17.2 Å². The second-order valence-electron chi connectivity index (χ2n) is 7.03. The molecule has 1 amide bonds. The quantitative estimate of drug-likeness (QED) is 0.470. The number of rotatable bonds is 5. The van der Waals surface area contributed by atoms with Gasteiger partial charge in [0, 0.05) is 0 Å². The third-order valence-corrected chi connectivity index (χ3v) is 7.43. The first kappa shape index (κ1) is 23.8. The van der Waals surface area contributed by atoms with Crippen molar-refractivity contribution in [2.45, 2.75) is 11.8 Å². The molecule has 2 aromatic carbocycles. The highest BCUT2D eigenvalue weighted by Crippen LogP contribution is 2.31. The Kier molecular flexibility index (Phi) is 6.39. The summed E-state index contributed by atoms with van der Waals surface area (Å²) in [4.78, 5) is 24.5. The number of thiophene rings is 1. The number of nitrogens with one attached hydrogen (secondary N) is 2. The summed E-state index contributed by atoms with van der Waals surface area (Å²) in [5, 5.41) is 5.46. The fourth-order valence-electron chi connectivity index (χ4n) is 3.10. The molecule has 0 unspecified atom stereocenters. The molecule has 4 rings (SSSR count). The van der Waals surface area contributed by atoms with E-state index in [1.165, 1.54) is 24.3 Å². The Morgan fingerprint density at radius 2 is 1.97 bits per heavy atom. The first-order chi connectivity index (χ1) is 16.0.